The number of alkyl halides is 3. The molecule has 0 saturated heterocycles. The molecule has 112 valence electrons. The number of hydrogen-bond acceptors (Lipinski definition) is 3. The van der Waals surface area contributed by atoms with Crippen molar-refractivity contribution in [2.75, 3.05) is 18.0 Å². The molecule has 0 aromatic carbocycles. The number of pyridine rings is 1. The molecule has 20 heavy (non-hydrogen) atoms. The van der Waals surface area contributed by atoms with Crippen molar-refractivity contribution in [3.05, 3.63) is 23.4 Å². The molecule has 1 aromatic rings. The van der Waals surface area contributed by atoms with Crippen LogP contribution in [0.2, 0.25) is 0 Å². The van der Waals surface area contributed by atoms with Crippen molar-refractivity contribution < 1.29 is 13.2 Å². The van der Waals surface area contributed by atoms with Crippen LogP contribution in [0.5, 0.6) is 0 Å². The first kappa shape index (κ1) is 16.3. The molecule has 0 spiro atoms. The molecule has 0 unspecified atom stereocenters. The number of hydrogen-bond donors (Lipinski definition) is 2. The molecule has 0 aliphatic heterocycles. The first-order valence-electron chi connectivity index (χ1n) is 6.48. The number of anilines is 1. The fourth-order valence-electron chi connectivity index (χ4n) is 1.92. The van der Waals surface area contributed by atoms with E-state index in [2.05, 4.69) is 4.98 Å². The maximum Gasteiger partial charge on any atom is 0.433 e. The lowest BCUT2D eigenvalue weighted by atomic mass is 10.2. The van der Waals surface area contributed by atoms with Crippen LogP contribution >= 0.6 is 0 Å². The van der Waals surface area contributed by atoms with Crippen LogP contribution in [0.15, 0.2) is 12.1 Å². The van der Waals surface area contributed by atoms with E-state index in [1.54, 1.807) is 4.90 Å². The lowest BCUT2D eigenvalue weighted by Crippen LogP contribution is -2.30. The van der Waals surface area contributed by atoms with Gasteiger partial charge in [0.25, 0.3) is 0 Å². The predicted octanol–water partition coefficient (Wildman–Crippen LogP) is 3.01. The summed E-state index contributed by atoms with van der Waals surface area (Å²) >= 11 is 0. The summed E-state index contributed by atoms with van der Waals surface area (Å²) in [7, 11) is 0. The Morgan fingerprint density at radius 3 is 2.20 bits per heavy atom. The first-order valence-corrected chi connectivity index (χ1v) is 6.48. The second-order valence-corrected chi connectivity index (χ2v) is 4.47. The number of amidine groups is 1. The Labute approximate surface area is 116 Å². The standard InChI is InChI=1S/C13H19F3N4/c1-3-7-20(8-4-2)12-9(11(17)18)5-6-10(19-12)13(14,15)16/h5-6H,3-4,7-8H2,1-2H3,(H3,17,18). The number of aromatic nitrogens is 1. The van der Waals surface area contributed by atoms with Crippen LogP contribution in [0.4, 0.5) is 19.0 Å². The van der Waals surface area contributed by atoms with Crippen molar-refractivity contribution in [2.45, 2.75) is 32.9 Å². The van der Waals surface area contributed by atoms with Crippen LogP contribution < -0.4 is 10.6 Å². The number of halogens is 3. The molecule has 3 N–H and O–H groups in total. The average molecular weight is 288 g/mol. The normalized spacial score (nSPS) is 11.4. The Morgan fingerprint density at radius 2 is 1.80 bits per heavy atom. The molecule has 0 amide bonds. The van der Waals surface area contributed by atoms with E-state index in [1.165, 1.54) is 6.07 Å². The number of rotatable bonds is 6. The molecule has 0 saturated carbocycles. The molecule has 0 radical (unpaired) electrons. The van der Waals surface area contributed by atoms with E-state index in [4.69, 9.17) is 11.1 Å². The predicted molar refractivity (Wildman–Crippen MR) is 73.1 cm³/mol. The van der Waals surface area contributed by atoms with Crippen molar-refractivity contribution in [3.8, 4) is 0 Å². The third kappa shape index (κ3) is 3.85. The highest BCUT2D eigenvalue weighted by atomic mass is 19.4. The van der Waals surface area contributed by atoms with Gasteiger partial charge in [-0.3, -0.25) is 5.41 Å². The van der Waals surface area contributed by atoms with Gasteiger partial charge in [0, 0.05) is 13.1 Å². The summed E-state index contributed by atoms with van der Waals surface area (Å²) in [5.41, 5.74) is 4.71. The second kappa shape index (κ2) is 6.58. The van der Waals surface area contributed by atoms with Crippen LogP contribution in [0, 0.1) is 5.41 Å². The van der Waals surface area contributed by atoms with Crippen LogP contribution in [-0.2, 0) is 6.18 Å². The second-order valence-electron chi connectivity index (χ2n) is 4.47. The largest absolute Gasteiger partial charge is 0.433 e. The van der Waals surface area contributed by atoms with Gasteiger partial charge in [-0.15, -0.1) is 0 Å². The fourth-order valence-corrected chi connectivity index (χ4v) is 1.92. The zero-order chi connectivity index (χ0) is 15.3. The Kier molecular flexibility index (Phi) is 5.35. The molecule has 0 bridgehead atoms. The summed E-state index contributed by atoms with van der Waals surface area (Å²) in [5, 5.41) is 7.49. The topological polar surface area (TPSA) is 66.0 Å². The Bertz CT molecular complexity index is 465. The van der Waals surface area contributed by atoms with Gasteiger partial charge in [0.05, 0.1) is 5.56 Å². The van der Waals surface area contributed by atoms with E-state index < -0.39 is 11.9 Å². The SMILES string of the molecule is CCCN(CCC)c1nc(C(F)(F)F)ccc1C(=N)N. The van der Waals surface area contributed by atoms with E-state index in [0.717, 1.165) is 18.9 Å². The van der Waals surface area contributed by atoms with Crippen LogP contribution in [-0.4, -0.2) is 23.9 Å². The molecular formula is C13H19F3N4. The molecule has 1 heterocycles. The summed E-state index contributed by atoms with van der Waals surface area (Å²) in [6.45, 7) is 5.01. The minimum absolute atomic E-state index is 0.135. The lowest BCUT2D eigenvalue weighted by Gasteiger charge is -2.25. The first-order chi connectivity index (χ1) is 9.31. The van der Waals surface area contributed by atoms with Crippen molar-refractivity contribution in [2.24, 2.45) is 5.73 Å². The highest BCUT2D eigenvalue weighted by Crippen LogP contribution is 2.30. The third-order valence-electron chi connectivity index (χ3n) is 2.74. The molecule has 0 fully saturated rings. The average Bonchev–Trinajstić information content (AvgIpc) is 2.36. The highest BCUT2D eigenvalue weighted by Gasteiger charge is 2.33. The van der Waals surface area contributed by atoms with Crippen LogP contribution in [0.3, 0.4) is 0 Å². The van der Waals surface area contributed by atoms with E-state index in [1.807, 2.05) is 13.8 Å². The molecule has 0 aliphatic rings. The van der Waals surface area contributed by atoms with Gasteiger partial charge in [-0.1, -0.05) is 13.8 Å². The molecule has 0 atom stereocenters. The zero-order valence-electron chi connectivity index (χ0n) is 11.6. The summed E-state index contributed by atoms with van der Waals surface area (Å²) in [4.78, 5) is 5.42. The molecule has 1 aromatic heterocycles. The minimum Gasteiger partial charge on any atom is -0.384 e. The van der Waals surface area contributed by atoms with E-state index in [9.17, 15) is 13.2 Å². The maximum atomic E-state index is 12.8. The van der Waals surface area contributed by atoms with E-state index >= 15 is 0 Å². The van der Waals surface area contributed by atoms with Gasteiger partial charge in [-0.2, -0.15) is 13.2 Å². The molecule has 4 nitrogen and oxygen atoms in total. The summed E-state index contributed by atoms with van der Waals surface area (Å²) in [5.74, 6) is -0.144. The van der Waals surface area contributed by atoms with Gasteiger partial charge in [0.15, 0.2) is 0 Å². The Balaban J connectivity index is 3.33. The molecule has 1 rings (SSSR count). The molecule has 7 heteroatoms. The zero-order valence-corrected chi connectivity index (χ0v) is 11.6. The number of nitrogen functional groups attached to an aromatic ring is 1. The van der Waals surface area contributed by atoms with E-state index in [-0.39, 0.29) is 17.2 Å². The quantitative estimate of drug-likeness (QED) is 0.624. The van der Waals surface area contributed by atoms with Crippen molar-refractivity contribution in [1.29, 1.82) is 5.41 Å². The molecular weight excluding hydrogens is 269 g/mol. The number of nitrogens with two attached hydrogens (primary N) is 1. The Morgan fingerprint density at radius 1 is 1.25 bits per heavy atom. The van der Waals surface area contributed by atoms with Crippen molar-refractivity contribution >= 4 is 11.7 Å². The van der Waals surface area contributed by atoms with Gasteiger partial charge in [0.1, 0.15) is 17.3 Å². The smallest absolute Gasteiger partial charge is 0.384 e. The van der Waals surface area contributed by atoms with Crippen molar-refractivity contribution in [3.63, 3.8) is 0 Å². The summed E-state index contributed by atoms with van der Waals surface area (Å²) < 4.78 is 38.3. The van der Waals surface area contributed by atoms with Gasteiger partial charge in [-0.05, 0) is 25.0 Å². The maximum absolute atomic E-state index is 12.8. The number of nitrogens with one attached hydrogen (secondary N) is 1. The van der Waals surface area contributed by atoms with Crippen LogP contribution in [0.1, 0.15) is 37.9 Å². The third-order valence-corrected chi connectivity index (χ3v) is 2.74. The number of nitrogens with zero attached hydrogens (tertiary/aromatic N) is 2. The van der Waals surface area contributed by atoms with Gasteiger partial charge < -0.3 is 10.6 Å². The monoisotopic (exact) mass is 288 g/mol. The minimum atomic E-state index is -4.51. The van der Waals surface area contributed by atoms with Gasteiger partial charge in [0.2, 0.25) is 0 Å². The van der Waals surface area contributed by atoms with Crippen LogP contribution in [0.25, 0.3) is 0 Å². The van der Waals surface area contributed by atoms with Crippen molar-refractivity contribution in [1.82, 2.24) is 4.98 Å². The van der Waals surface area contributed by atoms with Gasteiger partial charge in [-0.25, -0.2) is 4.98 Å². The molecule has 0 aliphatic carbocycles. The van der Waals surface area contributed by atoms with E-state index in [0.29, 0.717) is 13.1 Å². The fraction of sp³-hybridized carbons (Fsp3) is 0.538. The van der Waals surface area contributed by atoms with Gasteiger partial charge >= 0.3 is 6.18 Å². The summed E-state index contributed by atoms with van der Waals surface area (Å²) in [6.07, 6.45) is -2.96. The highest BCUT2D eigenvalue weighted by molar-refractivity contribution is 5.99. The summed E-state index contributed by atoms with van der Waals surface area (Å²) in [6, 6.07) is 2.07. The lowest BCUT2D eigenvalue weighted by molar-refractivity contribution is -0.141. The Hall–Kier alpha value is -1.79.